The largest absolute Gasteiger partial charge is 0.480 e. The van der Waals surface area contributed by atoms with Crippen molar-refractivity contribution in [2.24, 2.45) is 0 Å². The Kier molecular flexibility index (Phi) is 5.56. The van der Waals surface area contributed by atoms with E-state index in [1.54, 1.807) is 0 Å². The summed E-state index contributed by atoms with van der Waals surface area (Å²) in [7, 11) is 0. The van der Waals surface area contributed by atoms with Gasteiger partial charge in [-0.25, -0.2) is 14.6 Å². The van der Waals surface area contributed by atoms with Crippen LogP contribution in [0.25, 0.3) is 0 Å². The molecule has 0 aromatic carbocycles. The molecule has 0 aliphatic carbocycles. The minimum atomic E-state index is -4.55. The van der Waals surface area contributed by atoms with Gasteiger partial charge in [-0.2, -0.15) is 13.2 Å². The van der Waals surface area contributed by atoms with Gasteiger partial charge in [0.05, 0.1) is 6.33 Å². The van der Waals surface area contributed by atoms with Gasteiger partial charge in [0, 0.05) is 24.9 Å². The lowest BCUT2D eigenvalue weighted by Gasteiger charge is -2.24. The highest BCUT2D eigenvalue weighted by atomic mass is 19.4. The first kappa shape index (κ1) is 16.8. The third kappa shape index (κ3) is 5.71. The first-order valence-corrected chi connectivity index (χ1v) is 6.05. The Morgan fingerprint density at radius 3 is 2.62 bits per heavy atom. The zero-order valence-electron chi connectivity index (χ0n) is 11.1. The van der Waals surface area contributed by atoms with Crippen LogP contribution in [0.15, 0.2) is 12.5 Å². The van der Waals surface area contributed by atoms with Crippen molar-refractivity contribution in [1.82, 2.24) is 20.2 Å². The Balaban J connectivity index is 2.69. The molecule has 0 fully saturated rings. The summed E-state index contributed by atoms with van der Waals surface area (Å²) in [5.74, 6) is -1.35. The number of aromatic nitrogens is 2. The molecule has 1 aromatic rings. The summed E-state index contributed by atoms with van der Waals surface area (Å²) in [6, 6.07) is -2.43. The van der Waals surface area contributed by atoms with Crippen LogP contribution in [0.5, 0.6) is 0 Å². The van der Waals surface area contributed by atoms with Gasteiger partial charge in [0.2, 0.25) is 0 Å². The van der Waals surface area contributed by atoms with Gasteiger partial charge in [-0.3, -0.25) is 0 Å². The standard InChI is InChI=1S/C11H15F3N4O3/c1-2-18(5-11(12,13)14)10(21)17-8(9(19)20)3-7-4-15-6-16-7/h4,6,8H,2-3,5H2,1H3,(H,15,16)(H,17,21)(H,19,20)/t8-/m0/s1. The van der Waals surface area contributed by atoms with Crippen molar-refractivity contribution in [1.29, 1.82) is 0 Å². The van der Waals surface area contributed by atoms with Crippen LogP contribution < -0.4 is 5.32 Å². The number of H-pyrrole nitrogens is 1. The van der Waals surface area contributed by atoms with E-state index in [9.17, 15) is 22.8 Å². The zero-order valence-corrected chi connectivity index (χ0v) is 11.1. The number of amides is 2. The molecule has 2 amide bonds. The van der Waals surface area contributed by atoms with Crippen LogP contribution in [-0.2, 0) is 11.2 Å². The number of carboxylic acids is 1. The molecule has 21 heavy (non-hydrogen) atoms. The first-order chi connectivity index (χ1) is 9.73. The number of aromatic amines is 1. The van der Waals surface area contributed by atoms with E-state index in [0.717, 1.165) is 0 Å². The van der Waals surface area contributed by atoms with E-state index in [1.165, 1.54) is 19.4 Å². The minimum absolute atomic E-state index is 0.107. The molecule has 1 heterocycles. The van der Waals surface area contributed by atoms with Crippen molar-refractivity contribution in [2.45, 2.75) is 25.6 Å². The second-order valence-corrected chi connectivity index (χ2v) is 4.25. The smallest absolute Gasteiger partial charge is 0.406 e. The number of hydrogen-bond acceptors (Lipinski definition) is 3. The van der Waals surface area contributed by atoms with E-state index in [1.807, 2.05) is 0 Å². The number of hydrogen-bond donors (Lipinski definition) is 3. The van der Waals surface area contributed by atoms with E-state index >= 15 is 0 Å². The molecule has 3 N–H and O–H groups in total. The first-order valence-electron chi connectivity index (χ1n) is 6.05. The minimum Gasteiger partial charge on any atom is -0.480 e. The molecule has 0 radical (unpaired) electrons. The number of imidazole rings is 1. The van der Waals surface area contributed by atoms with E-state index in [-0.39, 0.29) is 13.0 Å². The maximum absolute atomic E-state index is 12.3. The Bertz CT molecular complexity index is 476. The molecule has 7 nitrogen and oxygen atoms in total. The molecular formula is C11H15F3N4O3. The lowest BCUT2D eigenvalue weighted by molar-refractivity contribution is -0.140. The number of carbonyl (C=O) groups excluding carboxylic acids is 1. The van der Waals surface area contributed by atoms with Crippen molar-refractivity contribution in [3.05, 3.63) is 18.2 Å². The number of halogens is 3. The van der Waals surface area contributed by atoms with Crippen LogP contribution in [0.3, 0.4) is 0 Å². The molecule has 0 saturated carbocycles. The second kappa shape index (κ2) is 6.95. The Hall–Kier alpha value is -2.26. The highest BCUT2D eigenvalue weighted by Gasteiger charge is 2.33. The molecule has 0 spiro atoms. The van der Waals surface area contributed by atoms with Crippen molar-refractivity contribution < 1.29 is 27.9 Å². The summed E-state index contributed by atoms with van der Waals surface area (Å²) in [4.78, 5) is 29.6. The number of carbonyl (C=O) groups is 2. The van der Waals surface area contributed by atoms with Crippen LogP contribution in [0.2, 0.25) is 0 Å². The molecule has 0 aliphatic heterocycles. The molecule has 0 aliphatic rings. The van der Waals surface area contributed by atoms with Crippen LogP contribution in [0.4, 0.5) is 18.0 Å². The van der Waals surface area contributed by atoms with Crippen molar-refractivity contribution in [3.8, 4) is 0 Å². The van der Waals surface area contributed by atoms with Gasteiger partial charge in [-0.05, 0) is 6.92 Å². The lowest BCUT2D eigenvalue weighted by atomic mass is 10.1. The number of rotatable bonds is 6. The lowest BCUT2D eigenvalue weighted by Crippen LogP contribution is -2.51. The molecule has 10 heteroatoms. The molecule has 0 bridgehead atoms. The molecule has 118 valence electrons. The summed E-state index contributed by atoms with van der Waals surface area (Å²) in [5, 5.41) is 11.1. The molecular weight excluding hydrogens is 293 g/mol. The third-order valence-electron chi connectivity index (χ3n) is 2.61. The molecule has 1 aromatic heterocycles. The Morgan fingerprint density at radius 1 is 1.52 bits per heavy atom. The molecule has 1 rings (SSSR count). The molecule has 1 atom stereocenters. The zero-order chi connectivity index (χ0) is 16.0. The number of aliphatic carboxylic acids is 1. The van der Waals surface area contributed by atoms with Gasteiger partial charge >= 0.3 is 18.2 Å². The van der Waals surface area contributed by atoms with Crippen molar-refractivity contribution >= 4 is 12.0 Å². The number of nitrogens with one attached hydrogen (secondary N) is 2. The summed E-state index contributed by atoms with van der Waals surface area (Å²) in [6.45, 7) is -0.260. The summed E-state index contributed by atoms with van der Waals surface area (Å²) in [5.41, 5.74) is 0.446. The number of carboxylic acid groups (broad SMARTS) is 1. The van der Waals surface area contributed by atoms with E-state index in [2.05, 4.69) is 15.3 Å². The third-order valence-corrected chi connectivity index (χ3v) is 2.61. The van der Waals surface area contributed by atoms with Crippen LogP contribution >= 0.6 is 0 Å². The van der Waals surface area contributed by atoms with Gasteiger partial charge in [0.1, 0.15) is 12.6 Å². The monoisotopic (exact) mass is 308 g/mol. The predicted molar refractivity (Wildman–Crippen MR) is 65.5 cm³/mol. The highest BCUT2D eigenvalue weighted by Crippen LogP contribution is 2.16. The van der Waals surface area contributed by atoms with E-state index < -0.39 is 30.8 Å². The fraction of sp³-hybridized carbons (Fsp3) is 0.545. The van der Waals surface area contributed by atoms with E-state index in [4.69, 9.17) is 5.11 Å². The Labute approximate surface area is 118 Å². The topological polar surface area (TPSA) is 98.3 Å². The fourth-order valence-corrected chi connectivity index (χ4v) is 1.60. The van der Waals surface area contributed by atoms with Gasteiger partial charge < -0.3 is 20.3 Å². The van der Waals surface area contributed by atoms with Crippen LogP contribution in [0, 0.1) is 0 Å². The summed E-state index contributed by atoms with van der Waals surface area (Å²) in [6.07, 6.45) is -1.95. The number of nitrogens with zero attached hydrogens (tertiary/aromatic N) is 2. The summed E-state index contributed by atoms with van der Waals surface area (Å²) >= 11 is 0. The van der Waals surface area contributed by atoms with Gasteiger partial charge in [-0.1, -0.05) is 0 Å². The van der Waals surface area contributed by atoms with Crippen LogP contribution in [0.1, 0.15) is 12.6 Å². The average Bonchev–Trinajstić information content (AvgIpc) is 2.86. The van der Waals surface area contributed by atoms with E-state index in [0.29, 0.717) is 10.6 Å². The normalized spacial score (nSPS) is 12.8. The van der Waals surface area contributed by atoms with Crippen molar-refractivity contribution in [3.63, 3.8) is 0 Å². The molecule has 0 saturated heterocycles. The van der Waals surface area contributed by atoms with Gasteiger partial charge in [-0.15, -0.1) is 0 Å². The Morgan fingerprint density at radius 2 is 2.19 bits per heavy atom. The molecule has 0 unspecified atom stereocenters. The highest BCUT2D eigenvalue weighted by molar-refractivity contribution is 5.82. The van der Waals surface area contributed by atoms with Crippen molar-refractivity contribution in [2.75, 3.05) is 13.1 Å². The maximum atomic E-state index is 12.3. The quantitative estimate of drug-likeness (QED) is 0.730. The average molecular weight is 308 g/mol. The second-order valence-electron chi connectivity index (χ2n) is 4.25. The van der Waals surface area contributed by atoms with Crippen LogP contribution in [-0.4, -0.2) is 57.3 Å². The predicted octanol–water partition coefficient (Wildman–Crippen LogP) is 0.999. The number of urea groups is 1. The van der Waals surface area contributed by atoms with Gasteiger partial charge in [0.15, 0.2) is 0 Å². The maximum Gasteiger partial charge on any atom is 0.406 e. The summed E-state index contributed by atoms with van der Waals surface area (Å²) < 4.78 is 36.9. The number of alkyl halides is 3. The fourth-order valence-electron chi connectivity index (χ4n) is 1.60. The van der Waals surface area contributed by atoms with Gasteiger partial charge in [0.25, 0.3) is 0 Å². The SMILES string of the molecule is CCN(CC(F)(F)F)C(=O)N[C@@H](Cc1cnc[nH]1)C(=O)O.